The average Bonchev–Trinajstić information content (AvgIpc) is 2.66. The number of rotatable bonds is 6. The van der Waals surface area contributed by atoms with Gasteiger partial charge in [0.2, 0.25) is 0 Å². The molecule has 0 saturated carbocycles. The van der Waals surface area contributed by atoms with Gasteiger partial charge in [-0.3, -0.25) is 8.98 Å². The number of hydrogen-bond donors (Lipinski definition) is 1. The van der Waals surface area contributed by atoms with Crippen molar-refractivity contribution in [1.29, 1.82) is 0 Å². The third-order valence-electron chi connectivity index (χ3n) is 4.03. The summed E-state index contributed by atoms with van der Waals surface area (Å²) < 4.78 is 29.8. The molecule has 1 unspecified atom stereocenters. The predicted octanol–water partition coefficient (Wildman–Crippen LogP) is 3.18. The van der Waals surface area contributed by atoms with Crippen LogP contribution in [-0.2, 0) is 14.3 Å². The van der Waals surface area contributed by atoms with E-state index in [4.69, 9.17) is 4.18 Å². The summed E-state index contributed by atoms with van der Waals surface area (Å²) in [4.78, 5) is 12.3. The van der Waals surface area contributed by atoms with Crippen molar-refractivity contribution in [2.75, 3.05) is 6.61 Å². The van der Waals surface area contributed by atoms with E-state index in [0.29, 0.717) is 0 Å². The van der Waals surface area contributed by atoms with Gasteiger partial charge in [0.25, 0.3) is 10.1 Å². The zero-order valence-electron chi connectivity index (χ0n) is 14.1. The van der Waals surface area contributed by atoms with Crippen molar-refractivity contribution in [2.45, 2.75) is 17.4 Å². The van der Waals surface area contributed by atoms with Crippen LogP contribution in [0.1, 0.15) is 17.3 Å². The largest absolute Gasteiger partial charge is 0.379 e. The second kappa shape index (κ2) is 6.99. The Hall–Kier alpha value is -2.54. The molecule has 0 aliphatic rings. The molecule has 3 aromatic carbocycles. The van der Waals surface area contributed by atoms with Gasteiger partial charge in [-0.2, -0.15) is 8.42 Å². The molecule has 0 spiro atoms. The number of carbonyl (C=O) groups excluding carboxylic acids is 1. The fraction of sp³-hybridized carbons (Fsp3) is 0.150. The Morgan fingerprint density at radius 3 is 2.27 bits per heavy atom. The van der Waals surface area contributed by atoms with Gasteiger partial charge >= 0.3 is 0 Å². The quantitative estimate of drug-likeness (QED) is 0.532. The van der Waals surface area contributed by atoms with Crippen molar-refractivity contribution < 1.29 is 22.5 Å². The Kier molecular flexibility index (Phi) is 4.91. The lowest BCUT2D eigenvalue weighted by Crippen LogP contribution is -2.40. The van der Waals surface area contributed by atoms with Crippen LogP contribution < -0.4 is 0 Å². The molecule has 0 fully saturated rings. The maximum absolute atomic E-state index is 12.4. The highest BCUT2D eigenvalue weighted by Crippen LogP contribution is 2.22. The second-order valence-corrected chi connectivity index (χ2v) is 7.81. The van der Waals surface area contributed by atoms with Gasteiger partial charge in [0.15, 0.2) is 5.78 Å². The molecule has 134 valence electrons. The lowest BCUT2D eigenvalue weighted by atomic mass is 9.96. The van der Waals surface area contributed by atoms with Crippen LogP contribution in [0.25, 0.3) is 10.8 Å². The first-order valence-corrected chi connectivity index (χ1v) is 9.41. The Morgan fingerprint density at radius 1 is 0.962 bits per heavy atom. The number of hydrogen-bond acceptors (Lipinski definition) is 5. The summed E-state index contributed by atoms with van der Waals surface area (Å²) in [6.07, 6.45) is 0. The summed E-state index contributed by atoms with van der Waals surface area (Å²) >= 11 is 0. The smallest absolute Gasteiger partial charge is 0.297 e. The minimum atomic E-state index is -4.11. The van der Waals surface area contributed by atoms with Gasteiger partial charge in [0.05, 0.1) is 4.90 Å². The lowest BCUT2D eigenvalue weighted by molar-refractivity contribution is 0.0175. The molecular formula is C20H18O5S. The third kappa shape index (κ3) is 3.83. The van der Waals surface area contributed by atoms with Crippen molar-refractivity contribution in [3.8, 4) is 0 Å². The zero-order chi connectivity index (χ0) is 18.8. The van der Waals surface area contributed by atoms with E-state index in [0.717, 1.165) is 10.8 Å². The normalized spacial score (nSPS) is 14.1. The van der Waals surface area contributed by atoms with Gasteiger partial charge in [-0.15, -0.1) is 0 Å². The van der Waals surface area contributed by atoms with E-state index in [2.05, 4.69) is 0 Å². The van der Waals surface area contributed by atoms with E-state index in [1.165, 1.54) is 19.1 Å². The molecule has 26 heavy (non-hydrogen) atoms. The Balaban J connectivity index is 1.79. The number of Topliss-reactive ketones (excluding diaryl/α,β-unsaturated/α-hetero) is 1. The molecule has 0 bridgehead atoms. The van der Waals surface area contributed by atoms with Crippen molar-refractivity contribution in [3.63, 3.8) is 0 Å². The molecule has 0 aliphatic carbocycles. The van der Waals surface area contributed by atoms with Crippen molar-refractivity contribution >= 4 is 26.7 Å². The monoisotopic (exact) mass is 370 g/mol. The topological polar surface area (TPSA) is 80.7 Å². The molecule has 0 amide bonds. The van der Waals surface area contributed by atoms with Gasteiger partial charge in [0.1, 0.15) is 12.2 Å². The van der Waals surface area contributed by atoms with Crippen LogP contribution in [0.2, 0.25) is 0 Å². The summed E-state index contributed by atoms with van der Waals surface area (Å²) in [5, 5.41) is 12.0. The number of ketones is 1. The molecule has 5 nitrogen and oxygen atoms in total. The van der Waals surface area contributed by atoms with Crippen LogP contribution >= 0.6 is 0 Å². The van der Waals surface area contributed by atoms with Gasteiger partial charge in [-0.1, -0.05) is 60.7 Å². The molecule has 0 radical (unpaired) electrons. The van der Waals surface area contributed by atoms with Crippen LogP contribution in [-0.4, -0.2) is 31.5 Å². The first-order chi connectivity index (χ1) is 12.3. The number of fused-ring (bicyclic) bond motifs is 1. The van der Waals surface area contributed by atoms with Crippen LogP contribution in [0, 0.1) is 0 Å². The summed E-state index contributed by atoms with van der Waals surface area (Å²) in [6.45, 7) is 0.564. The van der Waals surface area contributed by atoms with Crippen molar-refractivity contribution in [1.82, 2.24) is 0 Å². The van der Waals surface area contributed by atoms with E-state index in [1.807, 2.05) is 18.2 Å². The Bertz CT molecular complexity index is 1040. The molecule has 3 aromatic rings. The highest BCUT2D eigenvalue weighted by atomic mass is 32.2. The highest BCUT2D eigenvalue weighted by Gasteiger charge is 2.34. The molecule has 0 aromatic heterocycles. The van der Waals surface area contributed by atoms with Gasteiger partial charge in [0, 0.05) is 5.56 Å². The van der Waals surface area contributed by atoms with Crippen molar-refractivity contribution in [3.05, 3.63) is 78.4 Å². The average molecular weight is 370 g/mol. The molecule has 0 heterocycles. The van der Waals surface area contributed by atoms with Crippen LogP contribution in [0.15, 0.2) is 77.7 Å². The van der Waals surface area contributed by atoms with Gasteiger partial charge in [-0.25, -0.2) is 0 Å². The van der Waals surface area contributed by atoms with Gasteiger partial charge in [-0.05, 0) is 29.8 Å². The van der Waals surface area contributed by atoms with Gasteiger partial charge < -0.3 is 5.11 Å². The summed E-state index contributed by atoms with van der Waals surface area (Å²) in [6, 6.07) is 20.1. The molecular weight excluding hydrogens is 352 g/mol. The molecule has 0 saturated heterocycles. The molecule has 3 rings (SSSR count). The van der Waals surface area contributed by atoms with Crippen LogP contribution in [0.4, 0.5) is 0 Å². The van der Waals surface area contributed by atoms with E-state index >= 15 is 0 Å². The number of benzene rings is 3. The first-order valence-electron chi connectivity index (χ1n) is 8.00. The highest BCUT2D eigenvalue weighted by molar-refractivity contribution is 7.86. The van der Waals surface area contributed by atoms with Crippen molar-refractivity contribution in [2.24, 2.45) is 0 Å². The minimum absolute atomic E-state index is 0.0286. The molecule has 1 N–H and O–H groups in total. The molecule has 0 aliphatic heterocycles. The van der Waals surface area contributed by atoms with E-state index in [9.17, 15) is 18.3 Å². The fourth-order valence-electron chi connectivity index (χ4n) is 2.55. The van der Waals surface area contributed by atoms with E-state index in [-0.39, 0.29) is 10.5 Å². The maximum Gasteiger partial charge on any atom is 0.297 e. The fourth-order valence-corrected chi connectivity index (χ4v) is 3.58. The molecule has 1 atom stereocenters. The van der Waals surface area contributed by atoms with E-state index < -0.39 is 28.1 Å². The van der Waals surface area contributed by atoms with E-state index in [1.54, 1.807) is 42.5 Å². The number of carbonyl (C=O) groups is 1. The Labute approximate surface area is 152 Å². The summed E-state index contributed by atoms with van der Waals surface area (Å²) in [7, 11) is -4.11. The Morgan fingerprint density at radius 2 is 1.58 bits per heavy atom. The summed E-state index contributed by atoms with van der Waals surface area (Å²) in [5.41, 5.74) is -1.69. The lowest BCUT2D eigenvalue weighted by Gasteiger charge is -2.21. The van der Waals surface area contributed by atoms with Crippen LogP contribution in [0.3, 0.4) is 0 Å². The first kappa shape index (κ1) is 18.3. The second-order valence-electron chi connectivity index (χ2n) is 6.19. The molecule has 6 heteroatoms. The predicted molar refractivity (Wildman–Crippen MR) is 98.5 cm³/mol. The van der Waals surface area contributed by atoms with Crippen LogP contribution in [0.5, 0.6) is 0 Å². The third-order valence-corrected chi connectivity index (χ3v) is 5.29. The minimum Gasteiger partial charge on any atom is -0.379 e. The number of aliphatic hydroxyl groups is 1. The maximum atomic E-state index is 12.4. The standard InChI is InChI=1S/C20H18O5S/c1-20(22,19(21)16-8-3-2-4-9-16)14-25-26(23,24)18-12-11-15-7-5-6-10-17(15)13-18/h2-13,22H,14H2,1H3. The summed E-state index contributed by atoms with van der Waals surface area (Å²) in [5.74, 6) is -0.605. The SMILES string of the molecule is CC(O)(COS(=O)(=O)c1ccc2ccccc2c1)C(=O)c1ccccc1. The zero-order valence-corrected chi connectivity index (χ0v) is 14.9.